The van der Waals surface area contributed by atoms with Gasteiger partial charge in [0.1, 0.15) is 0 Å². The van der Waals surface area contributed by atoms with Crippen molar-refractivity contribution in [2.24, 2.45) is 0 Å². The average Bonchev–Trinajstić information content (AvgIpc) is 2.93. The van der Waals surface area contributed by atoms with Gasteiger partial charge in [0.2, 0.25) is 0 Å². The molecule has 0 saturated heterocycles. The Hall–Kier alpha value is -1.95. The lowest BCUT2D eigenvalue weighted by molar-refractivity contribution is 0.564. The molecular formula is C14H15N5S. The highest BCUT2D eigenvalue weighted by molar-refractivity contribution is 7.98. The quantitative estimate of drug-likeness (QED) is 0.675. The van der Waals surface area contributed by atoms with Crippen molar-refractivity contribution < 1.29 is 0 Å². The van der Waals surface area contributed by atoms with Crippen molar-refractivity contribution in [3.8, 4) is 0 Å². The maximum atomic E-state index is 4.64. The van der Waals surface area contributed by atoms with E-state index in [0.29, 0.717) is 0 Å². The van der Waals surface area contributed by atoms with Gasteiger partial charge in [-0.3, -0.25) is 0 Å². The van der Waals surface area contributed by atoms with Gasteiger partial charge in [-0.1, -0.05) is 43.0 Å². The third-order valence-corrected chi connectivity index (χ3v) is 3.89. The van der Waals surface area contributed by atoms with Crippen molar-refractivity contribution in [2.75, 3.05) is 0 Å². The van der Waals surface area contributed by atoms with E-state index in [1.165, 1.54) is 0 Å². The van der Waals surface area contributed by atoms with Gasteiger partial charge in [0.15, 0.2) is 5.82 Å². The van der Waals surface area contributed by atoms with Crippen LogP contribution < -0.4 is 0 Å². The van der Waals surface area contributed by atoms with E-state index in [1.807, 2.05) is 28.9 Å². The Balaban J connectivity index is 1.74. The molecule has 0 atom stereocenters. The van der Waals surface area contributed by atoms with Crippen molar-refractivity contribution >= 4 is 22.7 Å². The first kappa shape index (κ1) is 13.1. The summed E-state index contributed by atoms with van der Waals surface area (Å²) in [6, 6.07) is 12.3. The van der Waals surface area contributed by atoms with Crippen LogP contribution in [0.2, 0.25) is 0 Å². The Bertz CT molecular complexity index is 709. The van der Waals surface area contributed by atoms with Gasteiger partial charge in [-0.05, 0) is 29.0 Å². The molecule has 0 N–H and O–H groups in total. The second-order valence-electron chi connectivity index (χ2n) is 4.45. The number of aryl methyl sites for hydroxylation is 1. The van der Waals surface area contributed by atoms with Crippen molar-refractivity contribution in [3.05, 3.63) is 42.2 Å². The molecular weight excluding hydrogens is 270 g/mol. The van der Waals surface area contributed by atoms with Crippen LogP contribution in [0.1, 0.15) is 19.2 Å². The van der Waals surface area contributed by atoms with Gasteiger partial charge in [0, 0.05) is 11.9 Å². The van der Waals surface area contributed by atoms with Gasteiger partial charge in [-0.15, -0.1) is 5.10 Å². The molecule has 0 aliphatic heterocycles. The molecule has 0 amide bonds. The van der Waals surface area contributed by atoms with Gasteiger partial charge in [0.25, 0.3) is 0 Å². The number of hydrogen-bond acceptors (Lipinski definition) is 5. The van der Waals surface area contributed by atoms with E-state index in [0.717, 1.165) is 40.5 Å². The monoisotopic (exact) mass is 285 g/mol. The number of thioether (sulfide) groups is 1. The lowest BCUT2D eigenvalue weighted by Crippen LogP contribution is -2.04. The molecule has 0 aliphatic carbocycles. The number of para-hydroxylation sites is 1. The fourth-order valence-electron chi connectivity index (χ4n) is 1.98. The summed E-state index contributed by atoms with van der Waals surface area (Å²) in [6.45, 7) is 2.97. The largest absolute Gasteiger partial charge is 0.241 e. The molecule has 5 nitrogen and oxygen atoms in total. The van der Waals surface area contributed by atoms with E-state index in [9.17, 15) is 0 Å². The number of aromatic nitrogens is 5. The van der Waals surface area contributed by atoms with Crippen molar-refractivity contribution in [1.82, 2.24) is 25.2 Å². The molecule has 0 saturated carbocycles. The molecule has 2 aromatic heterocycles. The third kappa shape index (κ3) is 2.80. The maximum Gasteiger partial charge on any atom is 0.161 e. The summed E-state index contributed by atoms with van der Waals surface area (Å²) >= 11 is 1.66. The van der Waals surface area contributed by atoms with Crippen LogP contribution in [0, 0.1) is 0 Å². The lowest BCUT2D eigenvalue weighted by Gasteiger charge is -2.03. The number of rotatable bonds is 5. The van der Waals surface area contributed by atoms with Crippen LogP contribution in [-0.2, 0) is 12.3 Å². The van der Waals surface area contributed by atoms with Gasteiger partial charge >= 0.3 is 0 Å². The number of pyridine rings is 1. The zero-order valence-corrected chi connectivity index (χ0v) is 12.0. The molecule has 0 aliphatic rings. The van der Waals surface area contributed by atoms with Gasteiger partial charge in [0.05, 0.1) is 16.3 Å². The van der Waals surface area contributed by atoms with E-state index < -0.39 is 0 Å². The molecule has 1 aromatic carbocycles. The molecule has 102 valence electrons. The molecule has 6 heteroatoms. The summed E-state index contributed by atoms with van der Waals surface area (Å²) in [6.07, 6.45) is 1.02. The van der Waals surface area contributed by atoms with Crippen LogP contribution in [0.15, 0.2) is 41.4 Å². The normalized spacial score (nSPS) is 11.1. The number of hydrogen-bond donors (Lipinski definition) is 0. The predicted molar refractivity (Wildman–Crippen MR) is 79.4 cm³/mol. The van der Waals surface area contributed by atoms with Crippen LogP contribution >= 0.6 is 11.8 Å². The van der Waals surface area contributed by atoms with Crippen molar-refractivity contribution in [3.63, 3.8) is 0 Å². The van der Waals surface area contributed by atoms with Crippen molar-refractivity contribution in [2.45, 2.75) is 30.7 Å². The van der Waals surface area contributed by atoms with E-state index in [2.05, 4.69) is 39.6 Å². The summed E-state index contributed by atoms with van der Waals surface area (Å²) in [4.78, 5) is 4.64. The third-order valence-electron chi connectivity index (χ3n) is 2.96. The van der Waals surface area contributed by atoms with Crippen molar-refractivity contribution in [1.29, 1.82) is 0 Å². The Morgan fingerprint density at radius 2 is 2.05 bits per heavy atom. The minimum Gasteiger partial charge on any atom is -0.241 e. The standard InChI is InChI=1S/C14H15N5S/c1-2-9-19-13(16-17-18-19)10-20-14-8-7-11-5-3-4-6-12(11)15-14/h3-8H,2,9-10H2,1H3. The van der Waals surface area contributed by atoms with Crippen LogP contribution in [0.4, 0.5) is 0 Å². The highest BCUT2D eigenvalue weighted by atomic mass is 32.2. The summed E-state index contributed by atoms with van der Waals surface area (Å²) in [5.41, 5.74) is 1.02. The van der Waals surface area contributed by atoms with E-state index in [4.69, 9.17) is 0 Å². The van der Waals surface area contributed by atoms with Crippen LogP contribution in [-0.4, -0.2) is 25.2 Å². The first-order chi connectivity index (χ1) is 9.86. The summed E-state index contributed by atoms with van der Waals surface area (Å²) in [5, 5.41) is 13.9. The Morgan fingerprint density at radius 3 is 2.95 bits per heavy atom. The average molecular weight is 285 g/mol. The first-order valence-electron chi connectivity index (χ1n) is 6.60. The SMILES string of the molecule is CCCn1nnnc1CSc1ccc2ccccc2n1. The smallest absolute Gasteiger partial charge is 0.161 e. The second-order valence-corrected chi connectivity index (χ2v) is 5.44. The van der Waals surface area contributed by atoms with Gasteiger partial charge in [-0.2, -0.15) is 0 Å². The molecule has 3 aromatic rings. The Morgan fingerprint density at radius 1 is 1.15 bits per heavy atom. The van der Waals surface area contributed by atoms with Crippen LogP contribution in [0.5, 0.6) is 0 Å². The number of benzene rings is 1. The zero-order valence-electron chi connectivity index (χ0n) is 11.2. The molecule has 3 rings (SSSR count). The van der Waals surface area contributed by atoms with E-state index in [-0.39, 0.29) is 0 Å². The lowest BCUT2D eigenvalue weighted by atomic mass is 10.2. The molecule has 0 radical (unpaired) electrons. The van der Waals surface area contributed by atoms with Gasteiger partial charge < -0.3 is 0 Å². The maximum absolute atomic E-state index is 4.64. The summed E-state index contributed by atoms with van der Waals surface area (Å²) in [5.74, 6) is 1.63. The Labute approximate surface area is 121 Å². The first-order valence-corrected chi connectivity index (χ1v) is 7.59. The molecule has 20 heavy (non-hydrogen) atoms. The fourth-order valence-corrected chi connectivity index (χ4v) is 2.79. The number of fused-ring (bicyclic) bond motifs is 1. The minimum atomic E-state index is 0.734. The Kier molecular flexibility index (Phi) is 3.92. The molecule has 0 spiro atoms. The van der Waals surface area contributed by atoms with Crippen LogP contribution in [0.3, 0.4) is 0 Å². The highest BCUT2D eigenvalue weighted by Gasteiger charge is 2.07. The second kappa shape index (κ2) is 6.00. The fraction of sp³-hybridized carbons (Fsp3) is 0.286. The van der Waals surface area contributed by atoms with E-state index >= 15 is 0 Å². The van der Waals surface area contributed by atoms with Gasteiger partial charge in [-0.25, -0.2) is 9.67 Å². The molecule has 0 bridgehead atoms. The predicted octanol–water partition coefficient (Wildman–Crippen LogP) is 2.92. The number of nitrogens with zero attached hydrogens (tertiary/aromatic N) is 5. The summed E-state index contributed by atoms with van der Waals surface area (Å²) in [7, 11) is 0. The topological polar surface area (TPSA) is 56.5 Å². The minimum absolute atomic E-state index is 0.734. The van der Waals surface area contributed by atoms with Crippen LogP contribution in [0.25, 0.3) is 10.9 Å². The molecule has 0 fully saturated rings. The molecule has 0 unspecified atom stereocenters. The van der Waals surface area contributed by atoms with E-state index in [1.54, 1.807) is 11.8 Å². The zero-order chi connectivity index (χ0) is 13.8. The molecule has 2 heterocycles. The summed E-state index contributed by atoms with van der Waals surface area (Å²) < 4.78 is 1.86. The number of tetrazole rings is 1. The highest BCUT2D eigenvalue weighted by Crippen LogP contribution is 2.22.